The zero-order chi connectivity index (χ0) is 32.8. The van der Waals surface area contributed by atoms with Crippen LogP contribution in [0.1, 0.15) is 70.1 Å². The highest BCUT2D eigenvalue weighted by Gasteiger charge is 2.40. The maximum atomic E-state index is 11.5. The molecule has 0 N–H and O–H groups in total. The number of halogens is 1. The van der Waals surface area contributed by atoms with Crippen LogP contribution in [0.4, 0.5) is 5.69 Å². The van der Waals surface area contributed by atoms with Crippen molar-refractivity contribution in [2.45, 2.75) is 64.2 Å². The SMILES string of the molecule is CC1(C)C(/C=C/C2=C(Cl)C(=C/C=C3/N(CCS(=O)(=O)[O-])c4ccccc4C3(C)C)/CCC2)=C(CCS(=O)(=O)[O-])c2ccccc21. The Morgan fingerprint density at radius 3 is 2.16 bits per heavy atom. The minimum Gasteiger partial charge on any atom is -0.748 e. The number of nitrogens with zero attached hydrogens (tertiary/aromatic N) is 1. The zero-order valence-electron chi connectivity index (χ0n) is 26.0. The fraction of sp³-hybridized carbons (Fsp3) is 0.371. The smallest absolute Gasteiger partial charge is 0.0963 e. The first-order valence-electron chi connectivity index (χ1n) is 15.1. The highest BCUT2D eigenvalue weighted by molar-refractivity contribution is 7.85. The summed E-state index contributed by atoms with van der Waals surface area (Å²) in [6.45, 7) is 8.42. The molecule has 1 heterocycles. The molecule has 240 valence electrons. The molecule has 0 unspecified atom stereocenters. The second-order valence-corrected chi connectivity index (χ2v) is 16.3. The Balaban J connectivity index is 1.50. The van der Waals surface area contributed by atoms with Crippen LogP contribution in [0.5, 0.6) is 0 Å². The van der Waals surface area contributed by atoms with Crippen LogP contribution < -0.4 is 4.90 Å². The van der Waals surface area contributed by atoms with E-state index in [1.165, 1.54) is 0 Å². The molecule has 2 aliphatic carbocycles. The number of anilines is 1. The summed E-state index contributed by atoms with van der Waals surface area (Å²) in [4.78, 5) is 1.92. The summed E-state index contributed by atoms with van der Waals surface area (Å²) in [6.07, 6.45) is 10.6. The van der Waals surface area contributed by atoms with Gasteiger partial charge in [-0.15, -0.1) is 0 Å². The van der Waals surface area contributed by atoms with Crippen LogP contribution >= 0.6 is 11.6 Å². The molecule has 2 aromatic carbocycles. The lowest BCUT2D eigenvalue weighted by molar-refractivity contribution is 0.460. The van der Waals surface area contributed by atoms with Gasteiger partial charge in [0.15, 0.2) is 0 Å². The molecule has 0 spiro atoms. The normalized spacial score (nSPS) is 21.4. The Morgan fingerprint density at radius 1 is 0.822 bits per heavy atom. The van der Waals surface area contributed by atoms with Gasteiger partial charge in [-0.3, -0.25) is 0 Å². The van der Waals surface area contributed by atoms with E-state index in [0.717, 1.165) is 69.6 Å². The van der Waals surface area contributed by atoms with Crippen LogP contribution in [0.2, 0.25) is 0 Å². The summed E-state index contributed by atoms with van der Waals surface area (Å²) in [5.41, 5.74) is 7.84. The van der Waals surface area contributed by atoms with E-state index in [2.05, 4.69) is 27.7 Å². The van der Waals surface area contributed by atoms with E-state index >= 15 is 0 Å². The molecule has 0 atom stereocenters. The predicted octanol–water partition coefficient (Wildman–Crippen LogP) is 7.05. The van der Waals surface area contributed by atoms with E-state index in [4.69, 9.17) is 11.6 Å². The molecule has 0 aromatic heterocycles. The van der Waals surface area contributed by atoms with Crippen molar-refractivity contribution in [3.05, 3.63) is 117 Å². The van der Waals surface area contributed by atoms with Crippen LogP contribution in [0.3, 0.4) is 0 Å². The molecular weight excluding hydrogens is 630 g/mol. The van der Waals surface area contributed by atoms with E-state index in [-0.39, 0.29) is 18.4 Å². The molecule has 0 saturated carbocycles. The number of hydrogen-bond acceptors (Lipinski definition) is 7. The van der Waals surface area contributed by atoms with Crippen molar-refractivity contribution < 1.29 is 25.9 Å². The molecule has 45 heavy (non-hydrogen) atoms. The third-order valence-electron chi connectivity index (χ3n) is 9.24. The van der Waals surface area contributed by atoms with Crippen molar-refractivity contribution in [1.82, 2.24) is 0 Å². The quantitative estimate of drug-likeness (QED) is 0.263. The number of allylic oxidation sites excluding steroid dienone is 10. The van der Waals surface area contributed by atoms with Crippen LogP contribution in [-0.2, 0) is 31.1 Å². The fourth-order valence-corrected chi connectivity index (χ4v) is 8.10. The third-order valence-corrected chi connectivity index (χ3v) is 11.1. The van der Waals surface area contributed by atoms with Crippen molar-refractivity contribution in [2.75, 3.05) is 23.0 Å². The first kappa shape index (κ1) is 33.4. The van der Waals surface area contributed by atoms with Gasteiger partial charge >= 0.3 is 0 Å². The second-order valence-electron chi connectivity index (χ2n) is 12.9. The van der Waals surface area contributed by atoms with Crippen LogP contribution in [0.15, 0.2) is 100 Å². The molecule has 10 heteroatoms. The monoisotopic (exact) mass is 667 g/mol. The summed E-state index contributed by atoms with van der Waals surface area (Å²) in [5, 5.41) is 0.647. The molecule has 1 aliphatic heterocycles. The predicted molar refractivity (Wildman–Crippen MR) is 179 cm³/mol. The van der Waals surface area contributed by atoms with Gasteiger partial charge in [0.2, 0.25) is 0 Å². The Kier molecular flexibility index (Phi) is 9.16. The molecule has 3 aliphatic rings. The topological polar surface area (TPSA) is 118 Å². The van der Waals surface area contributed by atoms with Crippen molar-refractivity contribution in [3.8, 4) is 0 Å². The van der Waals surface area contributed by atoms with E-state index < -0.39 is 37.2 Å². The van der Waals surface area contributed by atoms with Gasteiger partial charge in [0.25, 0.3) is 0 Å². The van der Waals surface area contributed by atoms with E-state index in [9.17, 15) is 25.9 Å². The Hall–Kier alpha value is -2.95. The molecule has 0 radical (unpaired) electrons. The van der Waals surface area contributed by atoms with Crippen molar-refractivity contribution in [3.63, 3.8) is 0 Å². The molecule has 2 aromatic rings. The zero-order valence-corrected chi connectivity index (χ0v) is 28.4. The first-order valence-corrected chi connectivity index (χ1v) is 18.6. The second kappa shape index (κ2) is 12.3. The summed E-state index contributed by atoms with van der Waals surface area (Å²) in [6, 6.07) is 15.7. The minimum atomic E-state index is -4.40. The van der Waals surface area contributed by atoms with Gasteiger partial charge in [-0.1, -0.05) is 100.0 Å². The highest BCUT2D eigenvalue weighted by atomic mass is 35.5. The summed E-state index contributed by atoms with van der Waals surface area (Å²) >= 11 is 7.01. The maximum absolute atomic E-state index is 11.5. The lowest BCUT2D eigenvalue weighted by atomic mass is 9.80. The Morgan fingerprint density at radius 2 is 1.47 bits per heavy atom. The fourth-order valence-electron chi connectivity index (χ4n) is 6.92. The van der Waals surface area contributed by atoms with Crippen LogP contribution in [-0.4, -0.2) is 44.0 Å². The van der Waals surface area contributed by atoms with Gasteiger partial charge in [-0.25, -0.2) is 16.8 Å². The maximum Gasteiger partial charge on any atom is 0.0963 e. The minimum absolute atomic E-state index is 0.0576. The number of hydrogen-bond donors (Lipinski definition) is 0. The summed E-state index contributed by atoms with van der Waals surface area (Å²) in [5.74, 6) is -0.965. The summed E-state index contributed by atoms with van der Waals surface area (Å²) < 4.78 is 69.2. The van der Waals surface area contributed by atoms with E-state index in [1.807, 2.05) is 77.7 Å². The molecule has 7 nitrogen and oxygen atoms in total. The average molecular weight is 668 g/mol. The molecule has 0 saturated heterocycles. The largest absolute Gasteiger partial charge is 0.748 e. The lowest BCUT2D eigenvalue weighted by Gasteiger charge is -2.27. The number of rotatable bonds is 9. The standard InChI is InChI=1S/C35H40ClNO6S2/c1-34(2)28-13-6-5-12-26(28)27(20-22-44(38,39)40)29(34)18-16-24-10-9-11-25(33(24)36)17-19-32-35(3,4)30-14-7-8-15-31(30)37(32)21-23-45(41,42)43/h5-8,12-19H,9-11,20-23H2,1-4H3,(H,38,39,40)(H,41,42,43)/p-2/b18-16+,25-17+,32-19+. The Bertz CT molecular complexity index is 1900. The van der Waals surface area contributed by atoms with Gasteiger partial charge in [0, 0.05) is 39.5 Å². The van der Waals surface area contributed by atoms with Crippen molar-refractivity contribution >= 4 is 43.1 Å². The number of benzene rings is 2. The van der Waals surface area contributed by atoms with Gasteiger partial charge in [0.1, 0.15) is 0 Å². The number of fused-ring (bicyclic) bond motifs is 2. The molecule has 5 rings (SSSR count). The van der Waals surface area contributed by atoms with Gasteiger partial charge < -0.3 is 14.0 Å². The lowest BCUT2D eigenvalue weighted by Crippen LogP contribution is -2.30. The first-order chi connectivity index (χ1) is 21.0. The number of para-hydroxylation sites is 1. The van der Waals surface area contributed by atoms with Crippen LogP contribution in [0, 0.1) is 0 Å². The van der Waals surface area contributed by atoms with Gasteiger partial charge in [-0.2, -0.15) is 0 Å². The van der Waals surface area contributed by atoms with Crippen molar-refractivity contribution in [2.24, 2.45) is 0 Å². The molecule has 0 amide bonds. The van der Waals surface area contributed by atoms with E-state index in [1.54, 1.807) is 0 Å². The molecular formula is C35H38ClNO6S2-2. The molecule has 0 bridgehead atoms. The average Bonchev–Trinajstić information content (AvgIpc) is 3.31. The summed E-state index contributed by atoms with van der Waals surface area (Å²) in [7, 11) is -8.78. The highest BCUT2D eigenvalue weighted by Crippen LogP contribution is 2.49. The van der Waals surface area contributed by atoms with Crippen molar-refractivity contribution in [1.29, 1.82) is 0 Å². The Labute approximate surface area is 272 Å². The van der Waals surface area contributed by atoms with Crippen LogP contribution in [0.25, 0.3) is 5.57 Å². The van der Waals surface area contributed by atoms with Gasteiger partial charge in [-0.05, 0) is 76.8 Å². The third kappa shape index (κ3) is 6.93. The van der Waals surface area contributed by atoms with E-state index in [0.29, 0.717) is 5.03 Å². The molecule has 0 fully saturated rings. The van der Waals surface area contributed by atoms with Gasteiger partial charge in [0.05, 0.1) is 26.0 Å².